The first-order valence-electron chi connectivity index (χ1n) is 9.94. The summed E-state index contributed by atoms with van der Waals surface area (Å²) in [5.74, 6) is 1.47. The lowest BCUT2D eigenvalue weighted by Crippen LogP contribution is -2.39. The Morgan fingerprint density at radius 3 is 2.59 bits per heavy atom. The predicted molar refractivity (Wildman–Crippen MR) is 106 cm³/mol. The highest BCUT2D eigenvalue weighted by molar-refractivity contribution is 5.91. The van der Waals surface area contributed by atoms with Gasteiger partial charge < -0.3 is 14.3 Å². The quantitative estimate of drug-likeness (QED) is 0.828. The lowest BCUT2D eigenvalue weighted by molar-refractivity contribution is 0.0864. The van der Waals surface area contributed by atoms with E-state index in [4.69, 9.17) is 4.42 Å². The Labute approximate surface area is 160 Å². The summed E-state index contributed by atoms with van der Waals surface area (Å²) in [6, 6.07) is 8.67. The molecule has 146 valence electrons. The normalized spacial score (nSPS) is 20.4. The van der Waals surface area contributed by atoms with E-state index >= 15 is 0 Å². The first kappa shape index (κ1) is 19.5. The van der Waals surface area contributed by atoms with E-state index in [9.17, 15) is 9.59 Å². The highest BCUT2D eigenvalue weighted by Crippen LogP contribution is 2.40. The van der Waals surface area contributed by atoms with Crippen LogP contribution in [0.15, 0.2) is 45.7 Å². The average molecular weight is 370 g/mol. The van der Waals surface area contributed by atoms with Crippen molar-refractivity contribution in [3.8, 4) is 0 Å². The van der Waals surface area contributed by atoms with E-state index in [2.05, 4.69) is 26.1 Å². The van der Waals surface area contributed by atoms with Gasteiger partial charge in [-0.3, -0.25) is 9.59 Å². The van der Waals surface area contributed by atoms with E-state index in [1.807, 2.05) is 0 Å². The van der Waals surface area contributed by atoms with E-state index in [0.29, 0.717) is 23.5 Å². The van der Waals surface area contributed by atoms with Crippen LogP contribution in [0.25, 0.3) is 0 Å². The largest absolute Gasteiger partial charge is 0.454 e. The highest BCUT2D eigenvalue weighted by atomic mass is 16.4. The summed E-state index contributed by atoms with van der Waals surface area (Å²) in [7, 11) is 0. The zero-order chi connectivity index (χ0) is 19.4. The predicted octanol–water partition coefficient (Wildman–Crippen LogP) is 4.21. The number of hydrogen-bond acceptors (Lipinski definition) is 3. The fraction of sp³-hybridized carbons (Fsp3) is 0.545. The van der Waals surface area contributed by atoms with Crippen LogP contribution in [0.1, 0.15) is 69.2 Å². The monoisotopic (exact) mass is 370 g/mol. The molecular formula is C22H30N2O3. The van der Waals surface area contributed by atoms with Crippen molar-refractivity contribution in [2.24, 2.45) is 11.3 Å². The van der Waals surface area contributed by atoms with Crippen molar-refractivity contribution in [1.29, 1.82) is 0 Å². The lowest BCUT2D eigenvalue weighted by atomic mass is 9.69. The number of rotatable bonds is 6. The minimum absolute atomic E-state index is 0.0911. The molecule has 1 aliphatic rings. The summed E-state index contributed by atoms with van der Waals surface area (Å²) in [5, 5.41) is 3.11. The maximum atomic E-state index is 12.5. The summed E-state index contributed by atoms with van der Waals surface area (Å²) in [6.45, 7) is 7.27. The van der Waals surface area contributed by atoms with Gasteiger partial charge in [0.1, 0.15) is 5.76 Å². The van der Waals surface area contributed by atoms with Crippen LogP contribution < -0.4 is 10.9 Å². The Morgan fingerprint density at radius 2 is 1.93 bits per heavy atom. The van der Waals surface area contributed by atoms with Gasteiger partial charge in [0.05, 0.1) is 6.54 Å². The van der Waals surface area contributed by atoms with E-state index in [1.54, 1.807) is 35.0 Å². The molecule has 0 atom stereocenters. The van der Waals surface area contributed by atoms with Crippen molar-refractivity contribution in [1.82, 2.24) is 9.88 Å². The van der Waals surface area contributed by atoms with Crippen LogP contribution in [0.5, 0.6) is 0 Å². The van der Waals surface area contributed by atoms with Crippen LogP contribution in [0.3, 0.4) is 0 Å². The van der Waals surface area contributed by atoms with Crippen LogP contribution in [0.4, 0.5) is 0 Å². The van der Waals surface area contributed by atoms with Crippen molar-refractivity contribution in [3.05, 3.63) is 58.4 Å². The maximum Gasteiger partial charge on any atom is 0.287 e. The van der Waals surface area contributed by atoms with Crippen LogP contribution in [-0.2, 0) is 6.54 Å². The van der Waals surface area contributed by atoms with Gasteiger partial charge in [-0.1, -0.05) is 33.3 Å². The van der Waals surface area contributed by atoms with Crippen LogP contribution >= 0.6 is 0 Å². The summed E-state index contributed by atoms with van der Waals surface area (Å²) < 4.78 is 7.22. The molecule has 2 aromatic rings. The third-order valence-electron chi connectivity index (χ3n) is 6.19. The molecule has 1 N–H and O–H groups in total. The van der Waals surface area contributed by atoms with E-state index < -0.39 is 0 Å². The molecule has 0 aliphatic heterocycles. The second kappa shape index (κ2) is 8.15. The van der Waals surface area contributed by atoms with Crippen molar-refractivity contribution in [2.75, 3.05) is 0 Å². The summed E-state index contributed by atoms with van der Waals surface area (Å²) in [5.41, 5.74) is 0.284. The van der Waals surface area contributed by atoms with Gasteiger partial charge in [0.15, 0.2) is 5.76 Å². The number of aromatic nitrogens is 1. The van der Waals surface area contributed by atoms with Crippen LogP contribution in [-0.4, -0.2) is 16.5 Å². The molecule has 0 aromatic carbocycles. The van der Waals surface area contributed by atoms with Gasteiger partial charge in [-0.15, -0.1) is 0 Å². The fourth-order valence-electron chi connectivity index (χ4n) is 3.91. The molecule has 2 heterocycles. The third-order valence-corrected chi connectivity index (χ3v) is 6.19. The Bertz CT molecular complexity index is 826. The first-order chi connectivity index (χ1) is 12.9. The number of pyridine rings is 1. The van der Waals surface area contributed by atoms with Gasteiger partial charge in [0.2, 0.25) is 0 Å². The molecule has 1 saturated carbocycles. The second-order valence-electron chi connectivity index (χ2n) is 8.30. The fourth-order valence-corrected chi connectivity index (χ4v) is 3.91. The molecule has 27 heavy (non-hydrogen) atoms. The Kier molecular flexibility index (Phi) is 5.88. The van der Waals surface area contributed by atoms with Gasteiger partial charge in [-0.05, 0) is 55.2 Å². The molecular weight excluding hydrogens is 340 g/mol. The first-order valence-corrected chi connectivity index (χ1v) is 9.94. The average Bonchev–Trinajstić information content (AvgIpc) is 3.13. The number of nitrogens with zero attached hydrogens (tertiary/aromatic N) is 1. The van der Waals surface area contributed by atoms with Crippen molar-refractivity contribution >= 4 is 5.91 Å². The molecule has 0 unspecified atom stereocenters. The highest BCUT2D eigenvalue weighted by Gasteiger charge is 2.32. The Hall–Kier alpha value is -2.30. The van der Waals surface area contributed by atoms with Gasteiger partial charge in [0.25, 0.3) is 11.5 Å². The number of furan rings is 1. The van der Waals surface area contributed by atoms with Gasteiger partial charge in [-0.25, -0.2) is 0 Å². The zero-order valence-electron chi connectivity index (χ0n) is 16.5. The molecule has 1 aliphatic carbocycles. The number of hydrogen-bond donors (Lipinski definition) is 1. The van der Waals surface area contributed by atoms with E-state index in [1.165, 1.54) is 12.5 Å². The molecule has 3 rings (SSSR count). The molecule has 0 bridgehead atoms. The topological polar surface area (TPSA) is 64.2 Å². The standard InChI is InChI=1S/C22H30N2O3/c1-4-22(2,3)16-8-10-17(11-9-16)23-21(26)19-13-12-18(27-19)15-24-14-6-5-7-20(24)25/h5-7,12-14,16-17H,4,8-11,15H2,1-3H3,(H,23,26). The van der Waals surface area contributed by atoms with Gasteiger partial charge in [0, 0.05) is 18.3 Å². The molecule has 0 saturated heterocycles. The number of amides is 1. The Balaban J connectivity index is 1.55. The zero-order valence-corrected chi connectivity index (χ0v) is 16.5. The second-order valence-corrected chi connectivity index (χ2v) is 8.30. The van der Waals surface area contributed by atoms with Crippen LogP contribution in [0.2, 0.25) is 0 Å². The minimum Gasteiger partial charge on any atom is -0.454 e. The maximum absolute atomic E-state index is 12.5. The Morgan fingerprint density at radius 1 is 1.19 bits per heavy atom. The smallest absolute Gasteiger partial charge is 0.287 e. The minimum atomic E-state index is -0.167. The molecule has 1 amide bonds. The van der Waals surface area contributed by atoms with Crippen molar-refractivity contribution in [2.45, 2.75) is 65.5 Å². The molecule has 2 aromatic heterocycles. The number of carbonyl (C=O) groups excluding carboxylic acids is 1. The lowest BCUT2D eigenvalue weighted by Gasteiger charge is -2.39. The van der Waals surface area contributed by atoms with E-state index in [-0.39, 0.29) is 17.5 Å². The number of nitrogens with one attached hydrogen (secondary N) is 1. The van der Waals surface area contributed by atoms with Gasteiger partial charge in [-0.2, -0.15) is 0 Å². The third kappa shape index (κ3) is 4.71. The molecule has 0 radical (unpaired) electrons. The van der Waals surface area contributed by atoms with Crippen LogP contribution in [0, 0.1) is 11.3 Å². The van der Waals surface area contributed by atoms with E-state index in [0.717, 1.165) is 31.6 Å². The molecule has 0 spiro atoms. The molecule has 1 fully saturated rings. The summed E-state index contributed by atoms with van der Waals surface area (Å²) in [6.07, 6.45) is 7.26. The summed E-state index contributed by atoms with van der Waals surface area (Å²) in [4.78, 5) is 24.3. The molecule has 5 heteroatoms. The van der Waals surface area contributed by atoms with Crippen molar-refractivity contribution in [3.63, 3.8) is 0 Å². The summed E-state index contributed by atoms with van der Waals surface area (Å²) >= 11 is 0. The number of carbonyl (C=O) groups is 1. The molecule has 5 nitrogen and oxygen atoms in total. The van der Waals surface area contributed by atoms with Crippen molar-refractivity contribution < 1.29 is 9.21 Å². The SMILES string of the molecule is CCC(C)(C)C1CCC(NC(=O)c2ccc(Cn3ccccc3=O)o2)CC1. The van der Waals surface area contributed by atoms with Gasteiger partial charge >= 0.3 is 0 Å².